The molecule has 0 heterocycles. The van der Waals surface area contributed by atoms with E-state index in [9.17, 15) is 4.79 Å². The smallest absolute Gasteiger partial charge is 0.142 e. The molecule has 0 saturated carbocycles. The molecule has 3 heteroatoms. The van der Waals surface area contributed by atoms with Crippen molar-refractivity contribution >= 4 is 29.1 Å². The second kappa shape index (κ2) is 6.43. The average Bonchev–Trinajstić information content (AvgIpc) is 1.89. The van der Waals surface area contributed by atoms with E-state index in [2.05, 4.69) is 0 Å². The summed E-state index contributed by atoms with van der Waals surface area (Å²) in [5.74, 6) is 2.46. The van der Waals surface area contributed by atoms with Gasteiger partial charge in [-0.3, -0.25) is 4.79 Å². The van der Waals surface area contributed by atoms with E-state index in [-0.39, 0.29) is 0 Å². The third-order valence-corrected chi connectivity index (χ3v) is 2.31. The molecule has 0 aromatic rings. The maximum atomic E-state index is 10.6. The van der Waals surface area contributed by atoms with Crippen LogP contribution in [0.1, 0.15) is 13.3 Å². The standard InChI is InChI=1S/C6H11ClOS/c1-2-6(8)5-9-4-3-7/h2-5H2,1H3. The van der Waals surface area contributed by atoms with Crippen molar-refractivity contribution in [1.82, 2.24) is 0 Å². The quantitative estimate of drug-likeness (QED) is 0.459. The zero-order chi connectivity index (χ0) is 7.11. The first-order chi connectivity index (χ1) is 4.31. The molecule has 0 rings (SSSR count). The molecule has 0 spiro atoms. The van der Waals surface area contributed by atoms with Crippen LogP contribution < -0.4 is 0 Å². The molecule has 0 N–H and O–H groups in total. The molecule has 1 nitrogen and oxygen atoms in total. The molecule has 0 saturated heterocycles. The lowest BCUT2D eigenvalue weighted by Crippen LogP contribution is -1.99. The summed E-state index contributed by atoms with van der Waals surface area (Å²) >= 11 is 7.00. The van der Waals surface area contributed by atoms with Crippen molar-refractivity contribution in [3.63, 3.8) is 0 Å². The molecule has 0 aliphatic rings. The highest BCUT2D eigenvalue weighted by Gasteiger charge is 1.95. The molecular formula is C6H11ClOS. The fraction of sp³-hybridized carbons (Fsp3) is 0.833. The molecule has 0 amide bonds. The first kappa shape index (κ1) is 9.31. The van der Waals surface area contributed by atoms with Crippen molar-refractivity contribution in [3.05, 3.63) is 0 Å². The summed E-state index contributed by atoms with van der Waals surface area (Å²) in [6.45, 7) is 1.88. The van der Waals surface area contributed by atoms with Gasteiger partial charge in [0.1, 0.15) is 5.78 Å². The lowest BCUT2D eigenvalue weighted by molar-refractivity contribution is -0.116. The summed E-state index contributed by atoms with van der Waals surface area (Å²) in [6.07, 6.45) is 0.648. The molecule has 0 aromatic heterocycles. The van der Waals surface area contributed by atoms with Crippen molar-refractivity contribution < 1.29 is 4.79 Å². The maximum Gasteiger partial charge on any atom is 0.142 e. The zero-order valence-corrected chi connectivity index (χ0v) is 7.10. The molecule has 0 fully saturated rings. The number of thioether (sulfide) groups is 1. The van der Waals surface area contributed by atoms with Crippen molar-refractivity contribution in [2.24, 2.45) is 0 Å². The van der Waals surface area contributed by atoms with Crippen molar-refractivity contribution in [1.29, 1.82) is 0 Å². The van der Waals surface area contributed by atoms with Crippen LogP contribution in [0.3, 0.4) is 0 Å². The zero-order valence-electron chi connectivity index (χ0n) is 5.52. The Morgan fingerprint density at radius 1 is 1.67 bits per heavy atom. The highest BCUT2D eigenvalue weighted by molar-refractivity contribution is 8.00. The molecule has 0 bridgehead atoms. The Kier molecular flexibility index (Phi) is 6.65. The number of Topliss-reactive ketones (excluding diaryl/α,β-unsaturated/α-hetero) is 1. The first-order valence-electron chi connectivity index (χ1n) is 2.96. The largest absolute Gasteiger partial charge is 0.299 e. The normalized spacial score (nSPS) is 9.56. The van der Waals surface area contributed by atoms with Gasteiger partial charge in [-0.15, -0.1) is 11.6 Å². The Balaban J connectivity index is 2.97. The van der Waals surface area contributed by atoms with E-state index in [1.807, 2.05) is 6.92 Å². The molecule has 0 unspecified atom stereocenters. The Hall–Kier alpha value is 0.310. The predicted molar refractivity (Wildman–Crippen MR) is 43.3 cm³/mol. The summed E-state index contributed by atoms with van der Waals surface area (Å²) in [5, 5.41) is 0. The van der Waals surface area contributed by atoms with Crippen molar-refractivity contribution in [2.45, 2.75) is 13.3 Å². The van der Waals surface area contributed by atoms with Gasteiger partial charge in [-0.05, 0) is 0 Å². The summed E-state index contributed by atoms with van der Waals surface area (Å²) in [4.78, 5) is 10.6. The Morgan fingerprint density at radius 2 is 2.33 bits per heavy atom. The Bertz CT molecular complexity index is 85.1. The topological polar surface area (TPSA) is 17.1 Å². The lowest BCUT2D eigenvalue weighted by Gasteiger charge is -1.93. The van der Waals surface area contributed by atoms with Gasteiger partial charge in [-0.1, -0.05) is 6.92 Å². The predicted octanol–water partition coefficient (Wildman–Crippen LogP) is 1.94. The number of hydrogen-bond acceptors (Lipinski definition) is 2. The van der Waals surface area contributed by atoms with Crippen LogP contribution >= 0.6 is 23.4 Å². The number of ketones is 1. The van der Waals surface area contributed by atoms with E-state index < -0.39 is 0 Å². The highest BCUT2D eigenvalue weighted by atomic mass is 35.5. The van der Waals surface area contributed by atoms with E-state index >= 15 is 0 Å². The fourth-order valence-electron chi connectivity index (χ4n) is 0.343. The van der Waals surface area contributed by atoms with E-state index in [1.165, 1.54) is 0 Å². The molecule has 0 atom stereocenters. The van der Waals surface area contributed by atoms with Gasteiger partial charge < -0.3 is 0 Å². The van der Waals surface area contributed by atoms with Crippen LogP contribution in [0.15, 0.2) is 0 Å². The van der Waals surface area contributed by atoms with Gasteiger partial charge in [-0.25, -0.2) is 0 Å². The number of carbonyl (C=O) groups is 1. The van der Waals surface area contributed by atoms with Gasteiger partial charge in [0.15, 0.2) is 0 Å². The van der Waals surface area contributed by atoms with Crippen LogP contribution in [0.25, 0.3) is 0 Å². The number of rotatable bonds is 5. The number of alkyl halides is 1. The van der Waals surface area contributed by atoms with E-state index in [0.717, 1.165) is 5.75 Å². The average molecular weight is 167 g/mol. The van der Waals surface area contributed by atoms with Crippen LogP contribution in [0.5, 0.6) is 0 Å². The molecule has 0 radical (unpaired) electrons. The Morgan fingerprint density at radius 3 is 2.78 bits per heavy atom. The monoisotopic (exact) mass is 166 g/mol. The summed E-state index contributed by atoms with van der Waals surface area (Å²) in [5.41, 5.74) is 0. The van der Waals surface area contributed by atoms with Gasteiger partial charge in [0.05, 0.1) is 5.75 Å². The second-order valence-corrected chi connectivity index (χ2v) is 3.12. The first-order valence-corrected chi connectivity index (χ1v) is 4.65. The van der Waals surface area contributed by atoms with Crippen LogP contribution in [-0.2, 0) is 4.79 Å². The minimum Gasteiger partial charge on any atom is -0.299 e. The van der Waals surface area contributed by atoms with Crippen LogP contribution in [0.2, 0.25) is 0 Å². The molecule has 0 aliphatic heterocycles. The lowest BCUT2D eigenvalue weighted by atomic mass is 10.4. The third kappa shape index (κ3) is 6.19. The molecular weight excluding hydrogens is 156 g/mol. The molecule has 54 valence electrons. The third-order valence-electron chi connectivity index (χ3n) is 0.879. The highest BCUT2D eigenvalue weighted by Crippen LogP contribution is 2.01. The van der Waals surface area contributed by atoms with Gasteiger partial charge in [-0.2, -0.15) is 11.8 Å². The summed E-state index contributed by atoms with van der Waals surface area (Å²) in [6, 6.07) is 0. The van der Waals surface area contributed by atoms with Crippen LogP contribution in [-0.4, -0.2) is 23.2 Å². The minimum absolute atomic E-state index is 0.310. The van der Waals surface area contributed by atoms with E-state index in [0.29, 0.717) is 23.8 Å². The summed E-state index contributed by atoms with van der Waals surface area (Å²) in [7, 11) is 0. The van der Waals surface area contributed by atoms with E-state index in [1.54, 1.807) is 11.8 Å². The van der Waals surface area contributed by atoms with Crippen molar-refractivity contribution in [2.75, 3.05) is 17.4 Å². The van der Waals surface area contributed by atoms with Gasteiger partial charge in [0.2, 0.25) is 0 Å². The fourth-order valence-corrected chi connectivity index (χ4v) is 1.36. The van der Waals surface area contributed by atoms with Crippen LogP contribution in [0.4, 0.5) is 0 Å². The van der Waals surface area contributed by atoms with Crippen molar-refractivity contribution in [3.8, 4) is 0 Å². The molecule has 9 heavy (non-hydrogen) atoms. The van der Waals surface area contributed by atoms with Gasteiger partial charge >= 0.3 is 0 Å². The number of hydrogen-bond donors (Lipinski definition) is 0. The minimum atomic E-state index is 0.310. The molecule has 0 aliphatic carbocycles. The maximum absolute atomic E-state index is 10.6. The SMILES string of the molecule is CCC(=O)CSCCCl. The van der Waals surface area contributed by atoms with Crippen LogP contribution in [0, 0.1) is 0 Å². The Labute approximate surface area is 65.2 Å². The second-order valence-electron chi connectivity index (χ2n) is 1.63. The molecule has 0 aromatic carbocycles. The van der Waals surface area contributed by atoms with E-state index in [4.69, 9.17) is 11.6 Å². The number of halogens is 1. The van der Waals surface area contributed by atoms with Gasteiger partial charge in [0, 0.05) is 18.1 Å². The van der Waals surface area contributed by atoms with Gasteiger partial charge in [0.25, 0.3) is 0 Å². The number of carbonyl (C=O) groups excluding carboxylic acids is 1. The summed E-state index contributed by atoms with van der Waals surface area (Å²) < 4.78 is 0.